The number of benzene rings is 3. The van der Waals surface area contributed by atoms with E-state index in [9.17, 15) is 14.0 Å². The van der Waals surface area contributed by atoms with E-state index in [1.54, 1.807) is 30.3 Å². The molecule has 0 spiro atoms. The summed E-state index contributed by atoms with van der Waals surface area (Å²) in [6.07, 6.45) is 0. The maximum absolute atomic E-state index is 13.9. The highest BCUT2D eigenvalue weighted by Crippen LogP contribution is 2.36. The number of amides is 2. The van der Waals surface area contributed by atoms with E-state index in [0.717, 1.165) is 16.9 Å². The molecular weight excluding hydrogens is 401 g/mol. The summed E-state index contributed by atoms with van der Waals surface area (Å²) in [5.41, 5.74) is 1.72. The minimum atomic E-state index is -0.618. The number of carbonyl (C=O) groups excluding carboxylic acids is 2. The fourth-order valence-corrected chi connectivity index (χ4v) is 3.70. The highest BCUT2D eigenvalue weighted by Gasteiger charge is 2.19. The summed E-state index contributed by atoms with van der Waals surface area (Å²) in [4.78, 5) is 29.6. The molecule has 0 fully saturated rings. The summed E-state index contributed by atoms with van der Waals surface area (Å²) in [7, 11) is 0. The summed E-state index contributed by atoms with van der Waals surface area (Å²) in [6.45, 7) is 0. The number of nitrogens with zero attached hydrogens (tertiary/aromatic N) is 1. The van der Waals surface area contributed by atoms with E-state index in [1.165, 1.54) is 18.2 Å². The van der Waals surface area contributed by atoms with Gasteiger partial charge in [0, 0.05) is 11.1 Å². The lowest BCUT2D eigenvalue weighted by Gasteiger charge is -2.05. The Bertz CT molecular complexity index is 1190. The second kappa shape index (κ2) is 8.67. The molecule has 0 saturated carbocycles. The number of nitrogens with one attached hydrogen (secondary N) is 2. The van der Waals surface area contributed by atoms with E-state index in [4.69, 9.17) is 0 Å². The van der Waals surface area contributed by atoms with Gasteiger partial charge in [0.15, 0.2) is 5.13 Å². The number of hydrogen-bond acceptors (Lipinski definition) is 4. The van der Waals surface area contributed by atoms with Crippen molar-refractivity contribution in [3.8, 4) is 11.3 Å². The topological polar surface area (TPSA) is 71.1 Å². The molecule has 0 unspecified atom stereocenters. The first-order valence-electron chi connectivity index (χ1n) is 9.10. The van der Waals surface area contributed by atoms with E-state index < -0.39 is 11.7 Å². The van der Waals surface area contributed by atoms with Gasteiger partial charge in [-0.1, -0.05) is 72.0 Å². The number of carbonyl (C=O) groups is 2. The van der Waals surface area contributed by atoms with E-state index in [1.807, 2.05) is 36.4 Å². The molecule has 2 amide bonds. The largest absolute Gasteiger partial charge is 0.312 e. The quantitative estimate of drug-likeness (QED) is 0.453. The molecule has 30 heavy (non-hydrogen) atoms. The van der Waals surface area contributed by atoms with Crippen molar-refractivity contribution < 1.29 is 14.0 Å². The van der Waals surface area contributed by atoms with E-state index >= 15 is 0 Å². The van der Waals surface area contributed by atoms with Crippen LogP contribution in [0.15, 0.2) is 84.9 Å². The third kappa shape index (κ3) is 4.26. The van der Waals surface area contributed by atoms with Gasteiger partial charge in [0.25, 0.3) is 11.8 Å². The van der Waals surface area contributed by atoms with Crippen LogP contribution in [0, 0.1) is 5.82 Å². The minimum Gasteiger partial charge on any atom is -0.312 e. The van der Waals surface area contributed by atoms with E-state index in [-0.39, 0.29) is 16.6 Å². The molecule has 7 heteroatoms. The zero-order valence-electron chi connectivity index (χ0n) is 15.6. The average molecular weight is 417 g/mol. The van der Waals surface area contributed by atoms with Crippen LogP contribution in [0.4, 0.5) is 14.5 Å². The van der Waals surface area contributed by atoms with Gasteiger partial charge >= 0.3 is 0 Å². The third-order valence-corrected chi connectivity index (χ3v) is 5.16. The van der Waals surface area contributed by atoms with Crippen molar-refractivity contribution in [3.05, 3.63) is 102 Å². The maximum atomic E-state index is 13.9. The fourth-order valence-electron chi connectivity index (χ4n) is 2.82. The van der Waals surface area contributed by atoms with Gasteiger partial charge in [0.2, 0.25) is 0 Å². The van der Waals surface area contributed by atoms with Crippen molar-refractivity contribution in [1.82, 2.24) is 4.98 Å². The molecule has 1 heterocycles. The van der Waals surface area contributed by atoms with Crippen LogP contribution in [0.5, 0.6) is 0 Å². The van der Waals surface area contributed by atoms with Gasteiger partial charge in [-0.3, -0.25) is 14.9 Å². The summed E-state index contributed by atoms with van der Waals surface area (Å²) in [5.74, 6) is -1.52. The van der Waals surface area contributed by atoms with Crippen LogP contribution >= 0.6 is 11.3 Å². The molecule has 0 aliphatic heterocycles. The molecule has 0 saturated heterocycles. The monoisotopic (exact) mass is 417 g/mol. The molecule has 0 aliphatic carbocycles. The average Bonchev–Trinajstić information content (AvgIpc) is 3.17. The number of rotatable bonds is 5. The lowest BCUT2D eigenvalue weighted by Crippen LogP contribution is -2.13. The van der Waals surface area contributed by atoms with Crippen molar-refractivity contribution in [3.63, 3.8) is 0 Å². The zero-order valence-corrected chi connectivity index (χ0v) is 16.4. The Morgan fingerprint density at radius 2 is 1.40 bits per heavy atom. The second-order valence-corrected chi connectivity index (χ2v) is 7.32. The van der Waals surface area contributed by atoms with Gasteiger partial charge in [-0.25, -0.2) is 9.37 Å². The Labute approximate surface area is 176 Å². The molecule has 0 atom stereocenters. The molecule has 5 nitrogen and oxygen atoms in total. The van der Waals surface area contributed by atoms with Crippen molar-refractivity contribution >= 4 is 33.3 Å². The van der Waals surface area contributed by atoms with Gasteiger partial charge in [0.05, 0.1) is 5.56 Å². The molecule has 2 N–H and O–H groups in total. The summed E-state index contributed by atoms with van der Waals surface area (Å²) in [6, 6.07) is 23.8. The van der Waals surface area contributed by atoms with Crippen LogP contribution in [0.3, 0.4) is 0 Å². The first-order chi connectivity index (χ1) is 14.6. The van der Waals surface area contributed by atoms with Crippen molar-refractivity contribution in [2.75, 3.05) is 10.6 Å². The highest BCUT2D eigenvalue weighted by atomic mass is 32.1. The van der Waals surface area contributed by atoms with Crippen LogP contribution < -0.4 is 10.6 Å². The van der Waals surface area contributed by atoms with Crippen molar-refractivity contribution in [2.45, 2.75) is 0 Å². The molecule has 4 aromatic rings. The lowest BCUT2D eigenvalue weighted by atomic mass is 10.1. The third-order valence-electron chi connectivity index (χ3n) is 4.28. The predicted molar refractivity (Wildman–Crippen MR) is 116 cm³/mol. The molecule has 1 aromatic heterocycles. The van der Waals surface area contributed by atoms with E-state index in [2.05, 4.69) is 15.6 Å². The first-order valence-corrected chi connectivity index (χ1v) is 9.92. The van der Waals surface area contributed by atoms with Gasteiger partial charge in [-0.15, -0.1) is 0 Å². The van der Waals surface area contributed by atoms with Gasteiger partial charge < -0.3 is 5.32 Å². The highest BCUT2D eigenvalue weighted by molar-refractivity contribution is 7.20. The van der Waals surface area contributed by atoms with Crippen molar-refractivity contribution in [2.24, 2.45) is 0 Å². The molecule has 3 aromatic carbocycles. The molecular formula is C23H16FN3O2S. The van der Waals surface area contributed by atoms with Crippen LogP contribution in [-0.2, 0) is 0 Å². The Morgan fingerprint density at radius 1 is 0.767 bits per heavy atom. The molecule has 0 radical (unpaired) electrons. The Kier molecular flexibility index (Phi) is 5.63. The number of aromatic nitrogens is 1. The fraction of sp³-hybridized carbons (Fsp3) is 0. The number of thiazole rings is 1. The van der Waals surface area contributed by atoms with Crippen LogP contribution in [0.25, 0.3) is 11.3 Å². The minimum absolute atomic E-state index is 0.0798. The second-order valence-electron chi connectivity index (χ2n) is 6.32. The smallest absolute Gasteiger partial charge is 0.260 e. The van der Waals surface area contributed by atoms with Crippen LogP contribution in [0.2, 0.25) is 0 Å². The van der Waals surface area contributed by atoms with Gasteiger partial charge in [0.1, 0.15) is 16.5 Å². The standard InChI is InChI=1S/C23H16FN3O2S/c24-18-14-8-7-13-17(18)21(29)27-23-25-19(15-9-3-1-4-10-15)22(30-23)26-20(28)16-11-5-2-6-12-16/h1-14H,(H,26,28)(H,25,27,29). The normalized spacial score (nSPS) is 10.4. The summed E-state index contributed by atoms with van der Waals surface area (Å²) in [5, 5.41) is 6.22. The van der Waals surface area contributed by atoms with E-state index in [0.29, 0.717) is 16.3 Å². The Hall–Kier alpha value is -3.84. The van der Waals surface area contributed by atoms with Crippen molar-refractivity contribution in [1.29, 1.82) is 0 Å². The number of hydrogen-bond donors (Lipinski definition) is 2. The maximum Gasteiger partial charge on any atom is 0.260 e. The lowest BCUT2D eigenvalue weighted by molar-refractivity contribution is 0.101. The molecule has 148 valence electrons. The summed E-state index contributed by atoms with van der Waals surface area (Å²) >= 11 is 1.11. The first kappa shape index (κ1) is 19.5. The number of halogens is 1. The molecule has 0 bridgehead atoms. The van der Waals surface area contributed by atoms with Gasteiger partial charge in [-0.05, 0) is 24.3 Å². The molecule has 0 aliphatic rings. The Morgan fingerprint density at radius 3 is 2.10 bits per heavy atom. The predicted octanol–water partition coefficient (Wildman–Crippen LogP) is 5.45. The molecule has 4 rings (SSSR count). The Balaban J connectivity index is 1.65. The van der Waals surface area contributed by atoms with Crippen LogP contribution in [-0.4, -0.2) is 16.8 Å². The SMILES string of the molecule is O=C(Nc1sc(NC(=O)c2ccccc2F)nc1-c1ccccc1)c1ccccc1. The number of anilines is 2. The van der Waals surface area contributed by atoms with Crippen LogP contribution in [0.1, 0.15) is 20.7 Å². The van der Waals surface area contributed by atoms with Gasteiger partial charge in [-0.2, -0.15) is 0 Å². The summed E-state index contributed by atoms with van der Waals surface area (Å²) < 4.78 is 13.9. The zero-order chi connectivity index (χ0) is 20.9.